The first-order valence-corrected chi connectivity index (χ1v) is 9.40. The van der Waals surface area contributed by atoms with Gasteiger partial charge in [-0.25, -0.2) is 4.79 Å². The summed E-state index contributed by atoms with van der Waals surface area (Å²) in [6, 6.07) is 14.1. The summed E-state index contributed by atoms with van der Waals surface area (Å²) in [6.45, 7) is 3.54. The van der Waals surface area contributed by atoms with Gasteiger partial charge in [-0.2, -0.15) is 0 Å². The number of carbonyl (C=O) groups excluding carboxylic acids is 2. The molecule has 0 heterocycles. The van der Waals surface area contributed by atoms with E-state index in [1.54, 1.807) is 43.3 Å². The van der Waals surface area contributed by atoms with E-state index in [1.807, 2.05) is 19.1 Å². The van der Waals surface area contributed by atoms with E-state index in [2.05, 4.69) is 10.3 Å². The van der Waals surface area contributed by atoms with E-state index in [4.69, 9.17) is 20.1 Å². The van der Waals surface area contributed by atoms with E-state index >= 15 is 0 Å². The second kappa shape index (κ2) is 11.3. The molecule has 2 aromatic rings. The van der Waals surface area contributed by atoms with Gasteiger partial charge in [-0.05, 0) is 19.4 Å². The van der Waals surface area contributed by atoms with E-state index in [0.29, 0.717) is 22.4 Å². The highest BCUT2D eigenvalue weighted by Crippen LogP contribution is 2.18. The maximum Gasteiger partial charge on any atom is 0.360 e. The van der Waals surface area contributed by atoms with Gasteiger partial charge < -0.3 is 20.1 Å². The fourth-order valence-corrected chi connectivity index (χ4v) is 2.68. The van der Waals surface area contributed by atoms with Crippen molar-refractivity contribution in [2.45, 2.75) is 20.5 Å². The molecular weight excluding hydrogens is 398 g/mol. The number of esters is 1. The Hall–Kier alpha value is -3.94. The number of rotatable bonds is 9. The van der Waals surface area contributed by atoms with E-state index in [-0.39, 0.29) is 23.8 Å². The van der Waals surface area contributed by atoms with Crippen molar-refractivity contribution in [3.63, 3.8) is 0 Å². The summed E-state index contributed by atoms with van der Waals surface area (Å²) in [5.74, 6) is -0.868. The van der Waals surface area contributed by atoms with Crippen molar-refractivity contribution in [3.8, 4) is 0 Å². The molecule has 2 aromatic carbocycles. The summed E-state index contributed by atoms with van der Waals surface area (Å²) in [4.78, 5) is 34.6. The second-order valence-corrected chi connectivity index (χ2v) is 6.50. The summed E-state index contributed by atoms with van der Waals surface area (Å²) in [6.07, 6.45) is 1.30. The van der Waals surface area contributed by atoms with Gasteiger partial charge in [0, 0.05) is 22.8 Å². The van der Waals surface area contributed by atoms with E-state index in [0.717, 1.165) is 5.56 Å². The lowest BCUT2D eigenvalue weighted by Crippen LogP contribution is -2.20. The first-order valence-electron chi connectivity index (χ1n) is 9.40. The molecule has 2 N–H and O–H groups in total. The molecule has 0 atom stereocenters. The summed E-state index contributed by atoms with van der Waals surface area (Å²) in [7, 11) is 2.60. The Morgan fingerprint density at radius 1 is 1.03 bits per heavy atom. The molecule has 0 bridgehead atoms. The molecule has 31 heavy (non-hydrogen) atoms. The molecule has 0 spiro atoms. The minimum absolute atomic E-state index is 0.0147. The topological polar surface area (TPSA) is 113 Å². The Labute approximate surface area is 181 Å². The quantitative estimate of drug-likeness (QED) is 0.218. The van der Waals surface area contributed by atoms with Gasteiger partial charge in [-0.3, -0.25) is 4.79 Å². The molecular formula is C23H25N3O5. The number of hydrogen-bond donors (Lipinski definition) is 1. The van der Waals surface area contributed by atoms with Gasteiger partial charge in [0.25, 0.3) is 0 Å². The SMILES string of the molecule is CO/N=C(/C(=O)OC)c1cccc(C)c1CO/N=C(C)/C(N)=C/C(=O)c1ccccc1. The van der Waals surface area contributed by atoms with Gasteiger partial charge in [-0.15, -0.1) is 0 Å². The number of aryl methyl sites for hydroxylation is 1. The van der Waals surface area contributed by atoms with Crippen LogP contribution in [0.3, 0.4) is 0 Å². The smallest absolute Gasteiger partial charge is 0.360 e. The lowest BCUT2D eigenvalue weighted by molar-refractivity contribution is -0.132. The van der Waals surface area contributed by atoms with Gasteiger partial charge >= 0.3 is 5.97 Å². The summed E-state index contributed by atoms with van der Waals surface area (Å²) < 4.78 is 4.79. The van der Waals surface area contributed by atoms with Gasteiger partial charge in [0.1, 0.15) is 13.7 Å². The van der Waals surface area contributed by atoms with Gasteiger partial charge in [-0.1, -0.05) is 58.8 Å². The number of methoxy groups -OCH3 is 1. The Morgan fingerprint density at radius 3 is 2.39 bits per heavy atom. The number of benzene rings is 2. The number of hydrogen-bond acceptors (Lipinski definition) is 8. The van der Waals surface area contributed by atoms with Crippen molar-refractivity contribution in [3.05, 3.63) is 82.6 Å². The number of oxime groups is 2. The molecule has 8 nitrogen and oxygen atoms in total. The molecule has 0 amide bonds. The molecule has 0 fully saturated rings. The van der Waals surface area contributed by atoms with Crippen LogP contribution in [0, 0.1) is 6.92 Å². The van der Waals surface area contributed by atoms with Crippen LogP contribution in [-0.4, -0.2) is 37.4 Å². The van der Waals surface area contributed by atoms with Crippen molar-refractivity contribution < 1.29 is 24.0 Å². The van der Waals surface area contributed by atoms with Crippen molar-refractivity contribution in [1.82, 2.24) is 0 Å². The Balaban J connectivity index is 2.20. The standard InChI is InChI=1S/C23H25N3O5/c1-15-9-8-12-18(22(26-30-4)23(28)29-3)19(15)14-31-25-16(2)20(24)13-21(27)17-10-6-5-7-11-17/h5-13H,14,24H2,1-4H3/b20-13-,25-16+,26-22+. The van der Waals surface area contributed by atoms with Crippen LogP contribution < -0.4 is 5.73 Å². The zero-order valence-electron chi connectivity index (χ0n) is 17.9. The predicted molar refractivity (Wildman–Crippen MR) is 118 cm³/mol. The molecule has 0 aliphatic carbocycles. The number of ether oxygens (including phenoxy) is 1. The third kappa shape index (κ3) is 6.27. The van der Waals surface area contributed by atoms with E-state index in [9.17, 15) is 9.59 Å². The van der Waals surface area contributed by atoms with Crippen LogP contribution in [0.2, 0.25) is 0 Å². The molecule has 162 valence electrons. The van der Waals surface area contributed by atoms with Crippen LogP contribution in [-0.2, 0) is 25.8 Å². The molecule has 0 unspecified atom stereocenters. The fraction of sp³-hybridized carbons (Fsp3) is 0.217. The Kier molecular flexibility index (Phi) is 8.51. The predicted octanol–water partition coefficient (Wildman–Crippen LogP) is 3.14. The minimum Gasteiger partial charge on any atom is -0.464 e. The lowest BCUT2D eigenvalue weighted by Gasteiger charge is -2.12. The first kappa shape index (κ1) is 23.3. The normalized spacial score (nSPS) is 12.3. The van der Waals surface area contributed by atoms with Gasteiger partial charge in [0.05, 0.1) is 18.5 Å². The van der Waals surface area contributed by atoms with Crippen LogP contribution in [0.1, 0.15) is 34.0 Å². The Bertz CT molecular complexity index is 1030. The van der Waals surface area contributed by atoms with Crippen molar-refractivity contribution in [2.75, 3.05) is 14.2 Å². The minimum atomic E-state index is -0.639. The molecule has 0 aromatic heterocycles. The molecule has 0 aliphatic rings. The van der Waals surface area contributed by atoms with Crippen LogP contribution in [0.25, 0.3) is 0 Å². The first-order chi connectivity index (χ1) is 14.9. The zero-order chi connectivity index (χ0) is 22.8. The highest BCUT2D eigenvalue weighted by atomic mass is 16.6. The van der Waals surface area contributed by atoms with Gasteiger partial charge in [0.15, 0.2) is 11.5 Å². The second-order valence-electron chi connectivity index (χ2n) is 6.50. The maximum atomic E-state index is 12.3. The number of carbonyl (C=O) groups is 2. The molecule has 0 aliphatic heterocycles. The number of ketones is 1. The van der Waals surface area contributed by atoms with Crippen molar-refractivity contribution >= 4 is 23.2 Å². The van der Waals surface area contributed by atoms with Crippen molar-refractivity contribution in [2.24, 2.45) is 16.0 Å². The summed E-state index contributed by atoms with van der Waals surface area (Å²) in [5.41, 5.74) is 9.10. The third-order valence-corrected chi connectivity index (χ3v) is 4.40. The highest BCUT2D eigenvalue weighted by Gasteiger charge is 2.20. The van der Waals surface area contributed by atoms with E-state index < -0.39 is 5.97 Å². The lowest BCUT2D eigenvalue weighted by atomic mass is 9.99. The average molecular weight is 423 g/mol. The molecule has 8 heteroatoms. The third-order valence-electron chi connectivity index (χ3n) is 4.40. The number of allylic oxidation sites excluding steroid dienone is 2. The summed E-state index contributed by atoms with van der Waals surface area (Å²) >= 11 is 0. The Morgan fingerprint density at radius 2 is 1.74 bits per heavy atom. The van der Waals surface area contributed by atoms with Gasteiger partial charge in [0.2, 0.25) is 0 Å². The van der Waals surface area contributed by atoms with Crippen molar-refractivity contribution in [1.29, 1.82) is 0 Å². The van der Waals surface area contributed by atoms with Crippen LogP contribution in [0.5, 0.6) is 0 Å². The largest absolute Gasteiger partial charge is 0.464 e. The monoisotopic (exact) mass is 423 g/mol. The van der Waals surface area contributed by atoms with Crippen LogP contribution in [0.15, 0.2) is 70.6 Å². The number of nitrogens with two attached hydrogens (primary N) is 1. The maximum absolute atomic E-state index is 12.3. The van der Waals surface area contributed by atoms with Crippen LogP contribution in [0.4, 0.5) is 0 Å². The zero-order valence-corrected chi connectivity index (χ0v) is 17.9. The fourth-order valence-electron chi connectivity index (χ4n) is 2.68. The summed E-state index contributed by atoms with van der Waals surface area (Å²) in [5, 5.41) is 7.79. The molecule has 0 saturated carbocycles. The molecule has 0 saturated heterocycles. The van der Waals surface area contributed by atoms with Crippen LogP contribution >= 0.6 is 0 Å². The molecule has 0 radical (unpaired) electrons. The number of nitrogens with zero attached hydrogens (tertiary/aromatic N) is 2. The van der Waals surface area contributed by atoms with E-state index in [1.165, 1.54) is 20.3 Å². The highest BCUT2D eigenvalue weighted by molar-refractivity contribution is 6.43. The average Bonchev–Trinajstić information content (AvgIpc) is 2.78. The molecule has 2 rings (SSSR count).